The summed E-state index contributed by atoms with van der Waals surface area (Å²) in [6, 6.07) is 9.70. The van der Waals surface area contributed by atoms with Crippen LogP contribution in [0.4, 0.5) is 0 Å². The topological polar surface area (TPSA) is 12.0 Å². The van der Waals surface area contributed by atoms with E-state index in [1.165, 1.54) is 11.1 Å². The standard InChI is InChI=1S/C14H23N/c1-10(2)12(4)15-13(5)14-8-6-7-11(3)9-14/h6-10,12-13,15H,1-5H3/t12?,13-/m1/s1. The smallest absolute Gasteiger partial charge is 0.0294 e. The van der Waals surface area contributed by atoms with E-state index in [1.54, 1.807) is 0 Å². The molecule has 0 bridgehead atoms. The van der Waals surface area contributed by atoms with Gasteiger partial charge in [0.1, 0.15) is 0 Å². The van der Waals surface area contributed by atoms with Crippen LogP contribution in [0, 0.1) is 12.8 Å². The first-order chi connectivity index (χ1) is 7.00. The van der Waals surface area contributed by atoms with E-state index in [-0.39, 0.29) is 0 Å². The predicted octanol–water partition coefficient (Wildman–Crippen LogP) is 3.69. The summed E-state index contributed by atoms with van der Waals surface area (Å²) in [6.45, 7) is 11.1. The minimum atomic E-state index is 0.433. The summed E-state index contributed by atoms with van der Waals surface area (Å²) in [5, 5.41) is 3.62. The summed E-state index contributed by atoms with van der Waals surface area (Å²) in [5.74, 6) is 0.678. The number of hydrogen-bond donors (Lipinski definition) is 1. The molecule has 1 nitrogen and oxygen atoms in total. The molecule has 0 spiro atoms. The van der Waals surface area contributed by atoms with Crippen LogP contribution >= 0.6 is 0 Å². The third kappa shape index (κ3) is 3.67. The molecule has 0 saturated heterocycles. The Hall–Kier alpha value is -0.820. The molecular formula is C14H23N. The Kier molecular flexibility index (Phi) is 4.34. The van der Waals surface area contributed by atoms with E-state index in [9.17, 15) is 0 Å². The fourth-order valence-corrected chi connectivity index (χ4v) is 1.62. The summed E-state index contributed by atoms with van der Waals surface area (Å²) in [6.07, 6.45) is 0. The zero-order valence-corrected chi connectivity index (χ0v) is 10.5. The van der Waals surface area contributed by atoms with Crippen LogP contribution in [-0.2, 0) is 0 Å². The van der Waals surface area contributed by atoms with Crippen molar-refractivity contribution in [3.05, 3.63) is 35.4 Å². The van der Waals surface area contributed by atoms with E-state index in [0.717, 1.165) is 0 Å². The first kappa shape index (κ1) is 12.3. The zero-order chi connectivity index (χ0) is 11.4. The molecule has 1 rings (SSSR count). The van der Waals surface area contributed by atoms with Crippen LogP contribution in [0.1, 0.15) is 44.9 Å². The minimum Gasteiger partial charge on any atom is -0.307 e. The highest BCUT2D eigenvalue weighted by Gasteiger charge is 2.11. The molecular weight excluding hydrogens is 182 g/mol. The second-order valence-electron chi connectivity index (χ2n) is 4.84. The molecule has 0 amide bonds. The largest absolute Gasteiger partial charge is 0.307 e. The van der Waals surface area contributed by atoms with Crippen molar-refractivity contribution >= 4 is 0 Å². The van der Waals surface area contributed by atoms with Crippen LogP contribution in [0.5, 0.6) is 0 Å². The highest BCUT2D eigenvalue weighted by atomic mass is 14.9. The molecule has 0 aliphatic rings. The number of aryl methyl sites for hydroxylation is 1. The van der Waals surface area contributed by atoms with Crippen molar-refractivity contribution in [2.45, 2.75) is 46.7 Å². The van der Waals surface area contributed by atoms with Crippen LogP contribution in [0.15, 0.2) is 24.3 Å². The molecule has 1 aromatic carbocycles. The molecule has 0 aliphatic heterocycles. The van der Waals surface area contributed by atoms with Gasteiger partial charge in [-0.1, -0.05) is 43.7 Å². The lowest BCUT2D eigenvalue weighted by atomic mass is 10.0. The van der Waals surface area contributed by atoms with Crippen molar-refractivity contribution in [3.63, 3.8) is 0 Å². The molecule has 0 heterocycles. The second-order valence-corrected chi connectivity index (χ2v) is 4.84. The number of hydrogen-bond acceptors (Lipinski definition) is 1. The van der Waals surface area contributed by atoms with Crippen LogP contribution in [0.3, 0.4) is 0 Å². The van der Waals surface area contributed by atoms with E-state index in [0.29, 0.717) is 18.0 Å². The summed E-state index contributed by atoms with van der Waals surface area (Å²) in [4.78, 5) is 0. The van der Waals surface area contributed by atoms with Crippen LogP contribution < -0.4 is 5.32 Å². The molecule has 0 radical (unpaired) electrons. The second kappa shape index (κ2) is 5.32. The van der Waals surface area contributed by atoms with E-state index < -0.39 is 0 Å². The lowest BCUT2D eigenvalue weighted by molar-refractivity contribution is 0.389. The van der Waals surface area contributed by atoms with E-state index in [1.807, 2.05) is 0 Å². The summed E-state index contributed by atoms with van der Waals surface area (Å²) in [5.41, 5.74) is 2.71. The van der Waals surface area contributed by atoms with Crippen molar-refractivity contribution in [3.8, 4) is 0 Å². The quantitative estimate of drug-likeness (QED) is 0.790. The first-order valence-electron chi connectivity index (χ1n) is 5.83. The maximum absolute atomic E-state index is 3.62. The van der Waals surface area contributed by atoms with Gasteiger partial charge in [-0.25, -0.2) is 0 Å². The van der Waals surface area contributed by atoms with Gasteiger partial charge in [0.05, 0.1) is 0 Å². The molecule has 0 aliphatic carbocycles. The van der Waals surface area contributed by atoms with Crippen molar-refractivity contribution in [2.75, 3.05) is 0 Å². The third-order valence-electron chi connectivity index (χ3n) is 3.06. The molecule has 1 unspecified atom stereocenters. The van der Waals surface area contributed by atoms with Crippen molar-refractivity contribution < 1.29 is 0 Å². The van der Waals surface area contributed by atoms with Crippen molar-refractivity contribution in [2.24, 2.45) is 5.92 Å². The van der Waals surface area contributed by atoms with E-state index in [4.69, 9.17) is 0 Å². The van der Waals surface area contributed by atoms with Gasteiger partial charge in [-0.15, -0.1) is 0 Å². The van der Waals surface area contributed by atoms with Gasteiger partial charge in [-0.05, 0) is 32.3 Å². The Morgan fingerprint density at radius 3 is 2.27 bits per heavy atom. The average molecular weight is 205 g/mol. The Bertz CT molecular complexity index is 304. The van der Waals surface area contributed by atoms with Crippen LogP contribution in [0.2, 0.25) is 0 Å². The molecule has 84 valence electrons. The number of nitrogens with one attached hydrogen (secondary N) is 1. The fourth-order valence-electron chi connectivity index (χ4n) is 1.62. The maximum Gasteiger partial charge on any atom is 0.0294 e. The van der Waals surface area contributed by atoms with E-state index >= 15 is 0 Å². The Morgan fingerprint density at radius 1 is 1.07 bits per heavy atom. The van der Waals surface area contributed by atoms with Crippen LogP contribution in [0.25, 0.3) is 0 Å². The highest BCUT2D eigenvalue weighted by molar-refractivity contribution is 5.24. The Morgan fingerprint density at radius 2 is 1.73 bits per heavy atom. The lowest BCUT2D eigenvalue weighted by Gasteiger charge is -2.23. The molecule has 0 saturated carbocycles. The molecule has 1 heteroatoms. The van der Waals surface area contributed by atoms with E-state index in [2.05, 4.69) is 64.2 Å². The van der Waals surface area contributed by atoms with Gasteiger partial charge in [0.25, 0.3) is 0 Å². The molecule has 15 heavy (non-hydrogen) atoms. The van der Waals surface area contributed by atoms with Gasteiger partial charge in [-0.3, -0.25) is 0 Å². The highest BCUT2D eigenvalue weighted by Crippen LogP contribution is 2.15. The van der Waals surface area contributed by atoms with Gasteiger partial charge < -0.3 is 5.32 Å². The minimum absolute atomic E-state index is 0.433. The fraction of sp³-hybridized carbons (Fsp3) is 0.571. The van der Waals surface area contributed by atoms with Gasteiger partial charge in [0, 0.05) is 12.1 Å². The summed E-state index contributed by atoms with van der Waals surface area (Å²) >= 11 is 0. The van der Waals surface area contributed by atoms with Gasteiger partial charge in [0.2, 0.25) is 0 Å². The van der Waals surface area contributed by atoms with Gasteiger partial charge in [0.15, 0.2) is 0 Å². The summed E-state index contributed by atoms with van der Waals surface area (Å²) in [7, 11) is 0. The average Bonchev–Trinajstić information content (AvgIpc) is 2.17. The first-order valence-corrected chi connectivity index (χ1v) is 5.83. The lowest BCUT2D eigenvalue weighted by Crippen LogP contribution is -2.32. The molecule has 1 aromatic rings. The maximum atomic E-state index is 3.62. The normalized spacial score (nSPS) is 15.3. The SMILES string of the molecule is Cc1cccc([C@@H](C)NC(C)C(C)C)c1. The number of rotatable bonds is 4. The monoisotopic (exact) mass is 205 g/mol. The predicted molar refractivity (Wildman–Crippen MR) is 67.0 cm³/mol. The zero-order valence-electron chi connectivity index (χ0n) is 10.5. The summed E-state index contributed by atoms with van der Waals surface area (Å²) < 4.78 is 0. The molecule has 0 fully saturated rings. The molecule has 1 N–H and O–H groups in total. The molecule has 2 atom stereocenters. The van der Waals surface area contributed by atoms with Crippen molar-refractivity contribution in [1.29, 1.82) is 0 Å². The Balaban J connectivity index is 2.64. The van der Waals surface area contributed by atoms with Crippen molar-refractivity contribution in [1.82, 2.24) is 5.32 Å². The number of benzene rings is 1. The van der Waals surface area contributed by atoms with Crippen LogP contribution in [-0.4, -0.2) is 6.04 Å². The molecule has 0 aromatic heterocycles. The Labute approximate surface area is 93.9 Å². The van der Waals surface area contributed by atoms with Gasteiger partial charge >= 0.3 is 0 Å². The van der Waals surface area contributed by atoms with Gasteiger partial charge in [-0.2, -0.15) is 0 Å². The third-order valence-corrected chi connectivity index (χ3v) is 3.06.